The molecule has 0 aromatic rings. The average molecular weight is 175 g/mol. The Morgan fingerprint density at radius 2 is 2.42 bits per heavy atom. The summed E-state index contributed by atoms with van der Waals surface area (Å²) in [6, 6.07) is 0. The van der Waals surface area contributed by atoms with Crippen LogP contribution in [0.4, 0.5) is 0 Å². The molecule has 1 aliphatic heterocycles. The van der Waals surface area contributed by atoms with Crippen molar-refractivity contribution in [3.8, 4) is 0 Å². The maximum atomic E-state index is 9.78. The van der Waals surface area contributed by atoms with Gasteiger partial charge in [0.25, 0.3) is 0 Å². The number of rotatable bonds is 4. The van der Waals surface area contributed by atoms with Crippen molar-refractivity contribution in [2.24, 2.45) is 0 Å². The van der Waals surface area contributed by atoms with Crippen molar-refractivity contribution in [1.29, 1.82) is 0 Å². The lowest BCUT2D eigenvalue weighted by Gasteiger charge is -2.23. The van der Waals surface area contributed by atoms with E-state index in [2.05, 4.69) is 5.32 Å². The van der Waals surface area contributed by atoms with E-state index < -0.39 is 11.7 Å². The van der Waals surface area contributed by atoms with Crippen LogP contribution in [0.3, 0.4) is 0 Å². The van der Waals surface area contributed by atoms with Gasteiger partial charge in [-0.3, -0.25) is 0 Å². The minimum atomic E-state index is -0.795. The van der Waals surface area contributed by atoms with Crippen LogP contribution in [0, 0.1) is 0 Å². The van der Waals surface area contributed by atoms with Gasteiger partial charge in [-0.05, 0) is 7.05 Å². The fourth-order valence-corrected chi connectivity index (χ4v) is 1.50. The van der Waals surface area contributed by atoms with Crippen LogP contribution < -0.4 is 5.32 Å². The highest BCUT2D eigenvalue weighted by molar-refractivity contribution is 4.85. The third-order valence-corrected chi connectivity index (χ3v) is 2.14. The Morgan fingerprint density at radius 3 is 2.92 bits per heavy atom. The summed E-state index contributed by atoms with van der Waals surface area (Å²) >= 11 is 0. The smallest absolute Gasteiger partial charge is 0.0927 e. The Balaban J connectivity index is 2.28. The highest BCUT2D eigenvalue weighted by Crippen LogP contribution is 2.23. The predicted octanol–water partition coefficient (Wildman–Crippen LogP) is -0.892. The molecule has 0 bridgehead atoms. The van der Waals surface area contributed by atoms with E-state index in [1.54, 1.807) is 7.05 Å². The van der Waals surface area contributed by atoms with Crippen molar-refractivity contribution in [2.45, 2.75) is 24.5 Å². The summed E-state index contributed by atoms with van der Waals surface area (Å²) in [5.74, 6) is 0. The standard InChI is InChI=1S/C8H17NO3/c1-9-5-7(10)4-8(11)2-3-12-6-8/h7,9-11H,2-6H2,1H3. The zero-order chi connectivity index (χ0) is 9.03. The van der Waals surface area contributed by atoms with E-state index in [0.29, 0.717) is 32.6 Å². The first-order chi connectivity index (χ1) is 5.66. The Bertz CT molecular complexity index is 134. The van der Waals surface area contributed by atoms with Gasteiger partial charge in [0.05, 0.1) is 18.3 Å². The third-order valence-electron chi connectivity index (χ3n) is 2.14. The summed E-state index contributed by atoms with van der Waals surface area (Å²) < 4.78 is 5.06. The second kappa shape index (κ2) is 4.18. The number of aliphatic hydroxyl groups excluding tert-OH is 1. The van der Waals surface area contributed by atoms with Gasteiger partial charge in [0.1, 0.15) is 0 Å². The normalized spacial score (nSPS) is 32.2. The van der Waals surface area contributed by atoms with Gasteiger partial charge in [-0.1, -0.05) is 0 Å². The zero-order valence-corrected chi connectivity index (χ0v) is 7.42. The van der Waals surface area contributed by atoms with Crippen molar-refractivity contribution in [2.75, 3.05) is 26.8 Å². The van der Waals surface area contributed by atoms with Gasteiger partial charge in [0, 0.05) is 26.0 Å². The molecule has 0 aromatic carbocycles. The molecule has 2 unspecified atom stereocenters. The Kier molecular flexibility index (Phi) is 3.46. The fourth-order valence-electron chi connectivity index (χ4n) is 1.50. The molecule has 1 aliphatic rings. The first-order valence-corrected chi connectivity index (χ1v) is 4.29. The van der Waals surface area contributed by atoms with E-state index in [4.69, 9.17) is 4.74 Å². The largest absolute Gasteiger partial charge is 0.392 e. The quantitative estimate of drug-likeness (QED) is 0.518. The van der Waals surface area contributed by atoms with Crippen molar-refractivity contribution < 1.29 is 14.9 Å². The average Bonchev–Trinajstić information content (AvgIpc) is 2.36. The summed E-state index contributed by atoms with van der Waals surface area (Å²) in [6.45, 7) is 1.47. The van der Waals surface area contributed by atoms with Crippen LogP contribution in [0.15, 0.2) is 0 Å². The van der Waals surface area contributed by atoms with Gasteiger partial charge < -0.3 is 20.3 Å². The lowest BCUT2D eigenvalue weighted by atomic mass is 9.95. The molecule has 0 aliphatic carbocycles. The summed E-state index contributed by atoms with van der Waals surface area (Å²) in [4.78, 5) is 0. The minimum Gasteiger partial charge on any atom is -0.392 e. The number of nitrogens with one attached hydrogen (secondary N) is 1. The van der Waals surface area contributed by atoms with E-state index in [1.807, 2.05) is 0 Å². The molecule has 0 aromatic heterocycles. The van der Waals surface area contributed by atoms with Crippen LogP contribution in [0.1, 0.15) is 12.8 Å². The van der Waals surface area contributed by atoms with Crippen molar-refractivity contribution in [1.82, 2.24) is 5.32 Å². The van der Waals surface area contributed by atoms with Crippen LogP contribution >= 0.6 is 0 Å². The van der Waals surface area contributed by atoms with Crippen molar-refractivity contribution >= 4 is 0 Å². The molecule has 0 amide bonds. The molecule has 0 spiro atoms. The fraction of sp³-hybridized carbons (Fsp3) is 1.00. The lowest BCUT2D eigenvalue weighted by molar-refractivity contribution is -0.0159. The maximum Gasteiger partial charge on any atom is 0.0927 e. The van der Waals surface area contributed by atoms with Gasteiger partial charge in [-0.25, -0.2) is 0 Å². The number of aliphatic hydroxyl groups is 2. The van der Waals surface area contributed by atoms with Crippen molar-refractivity contribution in [3.05, 3.63) is 0 Å². The van der Waals surface area contributed by atoms with Crippen molar-refractivity contribution in [3.63, 3.8) is 0 Å². The Labute approximate surface area is 72.5 Å². The topological polar surface area (TPSA) is 61.7 Å². The number of hydrogen-bond donors (Lipinski definition) is 3. The van der Waals surface area contributed by atoms with Gasteiger partial charge >= 0.3 is 0 Å². The molecule has 1 saturated heterocycles. The van der Waals surface area contributed by atoms with E-state index in [1.165, 1.54) is 0 Å². The number of likely N-dealkylation sites (N-methyl/N-ethyl adjacent to an activating group) is 1. The van der Waals surface area contributed by atoms with E-state index in [9.17, 15) is 10.2 Å². The molecule has 1 rings (SSSR count). The molecule has 4 nitrogen and oxygen atoms in total. The van der Waals surface area contributed by atoms with Gasteiger partial charge in [-0.2, -0.15) is 0 Å². The highest BCUT2D eigenvalue weighted by Gasteiger charge is 2.34. The lowest BCUT2D eigenvalue weighted by Crippen LogP contribution is -2.37. The first-order valence-electron chi connectivity index (χ1n) is 4.29. The molecule has 3 N–H and O–H groups in total. The molecular formula is C8H17NO3. The van der Waals surface area contributed by atoms with Crippen LogP contribution in [-0.2, 0) is 4.74 Å². The number of hydrogen-bond acceptors (Lipinski definition) is 4. The summed E-state index contributed by atoms with van der Waals surface area (Å²) in [5, 5.41) is 22.0. The molecule has 2 atom stereocenters. The second-order valence-electron chi connectivity index (χ2n) is 3.44. The van der Waals surface area contributed by atoms with E-state index in [0.717, 1.165) is 0 Å². The number of ether oxygens (including phenoxy) is 1. The molecule has 0 saturated carbocycles. The van der Waals surface area contributed by atoms with Crippen LogP contribution in [-0.4, -0.2) is 48.7 Å². The Hall–Kier alpha value is -0.160. The molecule has 0 radical (unpaired) electrons. The molecule has 12 heavy (non-hydrogen) atoms. The molecule has 72 valence electrons. The maximum absolute atomic E-state index is 9.78. The van der Waals surface area contributed by atoms with Crippen LogP contribution in [0.2, 0.25) is 0 Å². The Morgan fingerprint density at radius 1 is 1.67 bits per heavy atom. The van der Waals surface area contributed by atoms with Gasteiger partial charge in [0.15, 0.2) is 0 Å². The van der Waals surface area contributed by atoms with Gasteiger partial charge in [0.2, 0.25) is 0 Å². The second-order valence-corrected chi connectivity index (χ2v) is 3.44. The van der Waals surface area contributed by atoms with Crippen LogP contribution in [0.5, 0.6) is 0 Å². The summed E-state index contributed by atoms with van der Waals surface area (Å²) in [6.07, 6.45) is 0.545. The summed E-state index contributed by atoms with van der Waals surface area (Å²) in [5.41, 5.74) is -0.795. The van der Waals surface area contributed by atoms with E-state index >= 15 is 0 Å². The van der Waals surface area contributed by atoms with Gasteiger partial charge in [-0.15, -0.1) is 0 Å². The monoisotopic (exact) mass is 175 g/mol. The first kappa shape index (κ1) is 9.92. The molecule has 4 heteroatoms. The molecule has 1 heterocycles. The predicted molar refractivity (Wildman–Crippen MR) is 44.9 cm³/mol. The molecular weight excluding hydrogens is 158 g/mol. The molecule has 1 fully saturated rings. The third kappa shape index (κ3) is 2.71. The van der Waals surface area contributed by atoms with E-state index in [-0.39, 0.29) is 0 Å². The van der Waals surface area contributed by atoms with Crippen LogP contribution in [0.25, 0.3) is 0 Å². The highest BCUT2D eigenvalue weighted by atomic mass is 16.5. The zero-order valence-electron chi connectivity index (χ0n) is 7.42. The summed E-state index contributed by atoms with van der Waals surface area (Å²) in [7, 11) is 1.78. The SMILES string of the molecule is CNCC(O)CC1(O)CCOC1. The minimum absolute atomic E-state index is 0.355.